The first kappa shape index (κ1) is 10.2. The molecule has 1 heterocycles. The van der Waals surface area contributed by atoms with Crippen LogP contribution >= 0.6 is 0 Å². The summed E-state index contributed by atoms with van der Waals surface area (Å²) in [6.07, 6.45) is 6.54. The van der Waals surface area contributed by atoms with Gasteiger partial charge in [-0.25, -0.2) is 15.0 Å². The van der Waals surface area contributed by atoms with Crippen molar-refractivity contribution >= 4 is 5.95 Å². The van der Waals surface area contributed by atoms with Gasteiger partial charge in [0.05, 0.1) is 6.04 Å². The van der Waals surface area contributed by atoms with Gasteiger partial charge in [-0.1, -0.05) is 24.3 Å². The van der Waals surface area contributed by atoms with Crippen molar-refractivity contribution in [2.24, 2.45) is 0 Å². The smallest absolute Gasteiger partial charge is 0.226 e. The van der Waals surface area contributed by atoms with E-state index in [4.69, 9.17) is 0 Å². The third-order valence-electron chi connectivity index (χ3n) is 3.17. The number of nitrogens with zero attached hydrogens (tertiary/aromatic N) is 3. The van der Waals surface area contributed by atoms with Gasteiger partial charge in [-0.2, -0.15) is 0 Å². The summed E-state index contributed by atoms with van der Waals surface area (Å²) in [4.78, 5) is 12.0. The first-order chi connectivity index (χ1) is 8.43. The quantitative estimate of drug-likeness (QED) is 0.854. The van der Waals surface area contributed by atoms with Crippen LogP contribution in [0.2, 0.25) is 0 Å². The van der Waals surface area contributed by atoms with Gasteiger partial charge in [0.25, 0.3) is 0 Å². The lowest BCUT2D eigenvalue weighted by atomic mass is 9.88. The summed E-state index contributed by atoms with van der Waals surface area (Å²) in [7, 11) is 0. The Morgan fingerprint density at radius 1 is 1.12 bits per heavy atom. The minimum Gasteiger partial charge on any atom is -0.347 e. The Morgan fingerprint density at radius 2 is 1.94 bits per heavy atom. The van der Waals surface area contributed by atoms with Crippen LogP contribution in [-0.4, -0.2) is 15.0 Å². The first-order valence-corrected chi connectivity index (χ1v) is 5.90. The highest BCUT2D eigenvalue weighted by molar-refractivity contribution is 5.37. The summed E-state index contributed by atoms with van der Waals surface area (Å²) in [6, 6.07) is 8.91. The standard InChI is InChI=1S/C13H14N4/c1-2-6-11-10(4-1)5-3-7-12(11)17-13-15-8-14-9-16-13/h1-2,4,6,8-9,12H,3,5,7H2,(H,14,15,16,17). The molecule has 0 fully saturated rings. The normalized spacial score (nSPS) is 18.5. The molecule has 0 bridgehead atoms. The van der Waals surface area contributed by atoms with E-state index >= 15 is 0 Å². The van der Waals surface area contributed by atoms with Crippen LogP contribution in [0.25, 0.3) is 0 Å². The van der Waals surface area contributed by atoms with E-state index in [1.807, 2.05) is 0 Å². The number of rotatable bonds is 2. The van der Waals surface area contributed by atoms with Crippen molar-refractivity contribution in [3.63, 3.8) is 0 Å². The Kier molecular flexibility index (Phi) is 2.69. The topological polar surface area (TPSA) is 50.7 Å². The zero-order valence-electron chi connectivity index (χ0n) is 9.50. The average Bonchev–Trinajstić information content (AvgIpc) is 2.40. The third-order valence-corrected chi connectivity index (χ3v) is 3.17. The van der Waals surface area contributed by atoms with Crippen molar-refractivity contribution in [1.82, 2.24) is 15.0 Å². The molecule has 0 radical (unpaired) electrons. The fourth-order valence-corrected chi connectivity index (χ4v) is 2.37. The zero-order chi connectivity index (χ0) is 11.5. The van der Waals surface area contributed by atoms with Crippen molar-refractivity contribution in [2.45, 2.75) is 25.3 Å². The van der Waals surface area contributed by atoms with Crippen molar-refractivity contribution in [1.29, 1.82) is 0 Å². The highest BCUT2D eigenvalue weighted by Crippen LogP contribution is 2.31. The molecule has 0 spiro atoms. The first-order valence-electron chi connectivity index (χ1n) is 5.90. The maximum absolute atomic E-state index is 4.11. The summed E-state index contributed by atoms with van der Waals surface area (Å²) < 4.78 is 0. The van der Waals surface area contributed by atoms with Crippen molar-refractivity contribution < 1.29 is 0 Å². The highest BCUT2D eigenvalue weighted by atomic mass is 15.1. The number of nitrogens with one attached hydrogen (secondary N) is 1. The second-order valence-corrected chi connectivity index (χ2v) is 4.25. The number of aryl methyl sites for hydroxylation is 1. The van der Waals surface area contributed by atoms with Crippen molar-refractivity contribution in [3.05, 3.63) is 48.0 Å². The summed E-state index contributed by atoms with van der Waals surface area (Å²) in [5.41, 5.74) is 2.81. The van der Waals surface area contributed by atoms with E-state index in [1.165, 1.54) is 36.6 Å². The zero-order valence-corrected chi connectivity index (χ0v) is 9.50. The minimum absolute atomic E-state index is 0.322. The summed E-state index contributed by atoms with van der Waals surface area (Å²) in [6.45, 7) is 0. The van der Waals surface area contributed by atoms with Crippen LogP contribution in [0.5, 0.6) is 0 Å². The molecule has 1 N–H and O–H groups in total. The molecule has 0 amide bonds. The molecule has 3 rings (SSSR count). The van der Waals surface area contributed by atoms with E-state index in [-0.39, 0.29) is 0 Å². The van der Waals surface area contributed by atoms with Gasteiger partial charge in [0.1, 0.15) is 12.7 Å². The van der Waals surface area contributed by atoms with Gasteiger partial charge in [-0.15, -0.1) is 0 Å². The molecule has 4 heteroatoms. The van der Waals surface area contributed by atoms with E-state index in [9.17, 15) is 0 Å². The maximum Gasteiger partial charge on any atom is 0.226 e. The van der Waals surface area contributed by atoms with E-state index < -0.39 is 0 Å². The van der Waals surface area contributed by atoms with Gasteiger partial charge >= 0.3 is 0 Å². The van der Waals surface area contributed by atoms with Gasteiger partial charge in [-0.3, -0.25) is 0 Å². The van der Waals surface area contributed by atoms with E-state index in [1.54, 1.807) is 0 Å². The lowest BCUT2D eigenvalue weighted by molar-refractivity contribution is 0.596. The minimum atomic E-state index is 0.322. The van der Waals surface area contributed by atoms with E-state index in [0.29, 0.717) is 12.0 Å². The number of hydrogen-bond acceptors (Lipinski definition) is 4. The van der Waals surface area contributed by atoms with Gasteiger partial charge in [-0.05, 0) is 30.4 Å². The van der Waals surface area contributed by atoms with Crippen LogP contribution in [0.4, 0.5) is 5.95 Å². The molecule has 1 aliphatic rings. The molecule has 86 valence electrons. The van der Waals surface area contributed by atoms with Crippen molar-refractivity contribution in [3.8, 4) is 0 Å². The van der Waals surface area contributed by atoms with Gasteiger partial charge in [0.15, 0.2) is 0 Å². The Bertz CT molecular complexity index is 498. The fourth-order valence-electron chi connectivity index (χ4n) is 2.37. The second kappa shape index (κ2) is 4.49. The molecular formula is C13H14N4. The predicted molar refractivity (Wildman–Crippen MR) is 65.6 cm³/mol. The Hall–Kier alpha value is -1.97. The molecule has 1 atom stereocenters. The van der Waals surface area contributed by atoms with Gasteiger partial charge in [0.2, 0.25) is 5.95 Å². The molecule has 1 unspecified atom stereocenters. The van der Waals surface area contributed by atoms with Crippen LogP contribution in [0.15, 0.2) is 36.9 Å². The highest BCUT2D eigenvalue weighted by Gasteiger charge is 2.19. The van der Waals surface area contributed by atoms with Crippen LogP contribution in [0.3, 0.4) is 0 Å². The molecule has 4 nitrogen and oxygen atoms in total. The lowest BCUT2D eigenvalue weighted by Crippen LogP contribution is -2.18. The van der Waals surface area contributed by atoms with E-state index in [2.05, 4.69) is 44.5 Å². The molecule has 1 aromatic heterocycles. The third kappa shape index (κ3) is 2.11. The largest absolute Gasteiger partial charge is 0.347 e. The monoisotopic (exact) mass is 226 g/mol. The van der Waals surface area contributed by atoms with Gasteiger partial charge < -0.3 is 5.32 Å². The summed E-state index contributed by atoms with van der Waals surface area (Å²) >= 11 is 0. The number of benzene rings is 1. The molecule has 0 saturated heterocycles. The van der Waals surface area contributed by atoms with Crippen LogP contribution < -0.4 is 5.32 Å². The molecule has 1 aliphatic carbocycles. The Balaban J connectivity index is 1.86. The van der Waals surface area contributed by atoms with E-state index in [0.717, 1.165) is 6.42 Å². The van der Waals surface area contributed by atoms with Crippen LogP contribution in [0.1, 0.15) is 30.0 Å². The Morgan fingerprint density at radius 3 is 2.82 bits per heavy atom. The average molecular weight is 226 g/mol. The lowest BCUT2D eigenvalue weighted by Gasteiger charge is -2.26. The number of hydrogen-bond donors (Lipinski definition) is 1. The molecule has 17 heavy (non-hydrogen) atoms. The Labute approximate surface area is 100 Å². The maximum atomic E-state index is 4.11. The molecular weight excluding hydrogens is 212 g/mol. The number of fused-ring (bicyclic) bond motifs is 1. The molecule has 0 aliphatic heterocycles. The van der Waals surface area contributed by atoms with Gasteiger partial charge in [0, 0.05) is 0 Å². The number of aromatic nitrogens is 3. The summed E-state index contributed by atoms with van der Waals surface area (Å²) in [5.74, 6) is 0.654. The van der Waals surface area contributed by atoms with Crippen LogP contribution in [-0.2, 0) is 6.42 Å². The van der Waals surface area contributed by atoms with Crippen LogP contribution in [0, 0.1) is 0 Å². The predicted octanol–water partition coefficient (Wildman–Crippen LogP) is 2.36. The number of anilines is 1. The molecule has 1 aromatic carbocycles. The molecule has 2 aromatic rings. The SMILES string of the molecule is c1ccc2c(c1)CCCC2Nc1ncncn1. The fraction of sp³-hybridized carbons (Fsp3) is 0.308. The second-order valence-electron chi connectivity index (χ2n) is 4.25. The van der Waals surface area contributed by atoms with Crippen molar-refractivity contribution in [2.75, 3.05) is 5.32 Å². The summed E-state index contributed by atoms with van der Waals surface area (Å²) in [5, 5.41) is 3.37. The molecule has 0 saturated carbocycles.